The number of aromatic nitrogens is 3. The van der Waals surface area contributed by atoms with E-state index in [1.54, 1.807) is 6.08 Å². The van der Waals surface area contributed by atoms with Crippen LogP contribution in [0.5, 0.6) is 0 Å². The van der Waals surface area contributed by atoms with E-state index in [1.165, 1.54) is 22.3 Å². The molecule has 8 aromatic carbocycles. The molecule has 1 heterocycles. The zero-order valence-electron chi connectivity index (χ0n) is 32.4. The average molecular weight is 769 g/mol. The molecule has 282 valence electrons. The van der Waals surface area contributed by atoms with Gasteiger partial charge in [-0.1, -0.05) is 182 Å². The van der Waals surface area contributed by atoms with Crippen molar-refractivity contribution in [2.45, 2.75) is 5.41 Å². The lowest BCUT2D eigenvalue weighted by Gasteiger charge is -2.33. The number of allylic oxidation sites excluding steroid dienone is 1. The number of rotatable bonds is 7. The number of hydrazone groups is 1. The molecule has 0 saturated carbocycles. The van der Waals surface area contributed by atoms with Gasteiger partial charge in [-0.2, -0.15) is 5.10 Å². The van der Waals surface area contributed by atoms with Crippen molar-refractivity contribution in [3.63, 3.8) is 0 Å². The first-order valence-electron chi connectivity index (χ1n) is 20.1. The van der Waals surface area contributed by atoms with E-state index in [0.717, 1.165) is 55.4 Å². The third kappa shape index (κ3) is 5.69. The number of benzene rings is 8. The van der Waals surface area contributed by atoms with E-state index >= 15 is 0 Å². The summed E-state index contributed by atoms with van der Waals surface area (Å²) in [7, 11) is 0. The molecule has 0 fully saturated rings. The van der Waals surface area contributed by atoms with Gasteiger partial charge in [-0.25, -0.2) is 15.0 Å². The quantitative estimate of drug-likeness (QED) is 0.158. The van der Waals surface area contributed by atoms with Gasteiger partial charge in [0, 0.05) is 22.3 Å². The molecule has 9 aromatic rings. The summed E-state index contributed by atoms with van der Waals surface area (Å²) < 4.78 is 0. The first-order chi connectivity index (χ1) is 29.7. The van der Waals surface area contributed by atoms with Crippen LogP contribution in [0, 0.1) is 5.41 Å². The third-order valence-corrected chi connectivity index (χ3v) is 11.7. The highest BCUT2D eigenvalue weighted by atomic mass is 15.3. The van der Waals surface area contributed by atoms with Gasteiger partial charge in [0.05, 0.1) is 16.8 Å². The summed E-state index contributed by atoms with van der Waals surface area (Å²) in [6.07, 6.45) is 3.78. The Balaban J connectivity index is 1.10. The van der Waals surface area contributed by atoms with Gasteiger partial charge >= 0.3 is 0 Å². The molecule has 2 N–H and O–H groups in total. The van der Waals surface area contributed by atoms with Crippen LogP contribution >= 0.6 is 0 Å². The van der Waals surface area contributed by atoms with Gasteiger partial charge in [-0.05, 0) is 74.0 Å². The van der Waals surface area contributed by atoms with Crippen molar-refractivity contribution in [1.29, 1.82) is 5.41 Å². The van der Waals surface area contributed by atoms with E-state index in [4.69, 9.17) is 25.5 Å². The number of fused-ring (bicyclic) bond motifs is 6. The van der Waals surface area contributed by atoms with E-state index in [0.29, 0.717) is 28.9 Å². The Hall–Kier alpha value is -8.09. The molecule has 60 heavy (non-hydrogen) atoms. The first kappa shape index (κ1) is 35.1. The topological polar surface area (TPSA) is 86.9 Å². The molecule has 0 bridgehead atoms. The number of hydrogen-bond acceptors (Lipinski definition) is 6. The average Bonchev–Trinajstić information content (AvgIpc) is 3.63. The largest absolute Gasteiger partial charge is 0.299 e. The van der Waals surface area contributed by atoms with Gasteiger partial charge in [0.25, 0.3) is 0 Å². The normalized spacial score (nSPS) is 14.1. The zero-order valence-corrected chi connectivity index (χ0v) is 32.4. The van der Waals surface area contributed by atoms with E-state index in [2.05, 4.69) is 139 Å². The Labute approximate surface area is 347 Å². The number of nitrogens with zero attached hydrogens (tertiary/aromatic N) is 4. The number of hydrogen-bond donors (Lipinski definition) is 2. The third-order valence-electron chi connectivity index (χ3n) is 11.7. The molecule has 1 aromatic heterocycles. The van der Waals surface area contributed by atoms with Crippen molar-refractivity contribution in [2.24, 2.45) is 5.10 Å². The maximum atomic E-state index is 8.84. The van der Waals surface area contributed by atoms with Crippen molar-refractivity contribution in [3.05, 3.63) is 234 Å². The Morgan fingerprint density at radius 1 is 0.467 bits per heavy atom. The number of anilines is 1. The molecule has 0 radical (unpaired) electrons. The smallest absolute Gasteiger partial charge is 0.164 e. The molecular weight excluding hydrogens is 733 g/mol. The molecule has 6 heteroatoms. The van der Waals surface area contributed by atoms with E-state index in [1.807, 2.05) is 66.7 Å². The van der Waals surface area contributed by atoms with Crippen molar-refractivity contribution in [1.82, 2.24) is 15.0 Å². The highest BCUT2D eigenvalue weighted by molar-refractivity contribution is 6.55. The van der Waals surface area contributed by atoms with Gasteiger partial charge < -0.3 is 0 Å². The highest BCUT2D eigenvalue weighted by Gasteiger charge is 2.47. The van der Waals surface area contributed by atoms with Crippen LogP contribution in [0.1, 0.15) is 33.4 Å². The van der Waals surface area contributed by atoms with Crippen LogP contribution in [0.25, 0.3) is 62.1 Å². The lowest BCUT2D eigenvalue weighted by molar-refractivity contribution is 0.768. The van der Waals surface area contributed by atoms with Crippen LogP contribution in [0.2, 0.25) is 0 Å². The first-order valence-corrected chi connectivity index (χ1v) is 20.1. The second-order valence-corrected chi connectivity index (χ2v) is 15.1. The molecule has 2 aliphatic rings. The van der Waals surface area contributed by atoms with Crippen LogP contribution in [0.4, 0.5) is 5.69 Å². The molecule has 6 nitrogen and oxygen atoms in total. The fourth-order valence-corrected chi connectivity index (χ4v) is 9.05. The molecule has 0 unspecified atom stereocenters. The lowest BCUT2D eigenvalue weighted by atomic mass is 9.67. The summed E-state index contributed by atoms with van der Waals surface area (Å²) >= 11 is 0. The lowest BCUT2D eigenvalue weighted by Crippen LogP contribution is -2.28. The van der Waals surface area contributed by atoms with Crippen molar-refractivity contribution >= 4 is 34.0 Å². The molecule has 0 spiro atoms. The number of para-hydroxylation sites is 1. The molecule has 0 saturated heterocycles. The molecule has 2 aliphatic carbocycles. The highest BCUT2D eigenvalue weighted by Crippen LogP contribution is 2.58. The Bertz CT molecular complexity index is 3140. The van der Waals surface area contributed by atoms with Gasteiger partial charge in [0.15, 0.2) is 17.5 Å². The van der Waals surface area contributed by atoms with Crippen LogP contribution in [-0.4, -0.2) is 26.4 Å². The monoisotopic (exact) mass is 768 g/mol. The summed E-state index contributed by atoms with van der Waals surface area (Å²) in [6, 6.07) is 67.4. The zero-order chi connectivity index (χ0) is 40.0. The van der Waals surface area contributed by atoms with Gasteiger partial charge in [-0.15, -0.1) is 0 Å². The Morgan fingerprint density at radius 3 is 1.80 bits per heavy atom. The molecular formula is C54H36N6. The fourth-order valence-electron chi connectivity index (χ4n) is 9.05. The predicted octanol–water partition coefficient (Wildman–Crippen LogP) is 12.3. The van der Waals surface area contributed by atoms with Gasteiger partial charge in [-0.3, -0.25) is 10.8 Å². The van der Waals surface area contributed by atoms with Crippen LogP contribution in [-0.2, 0) is 5.41 Å². The maximum absolute atomic E-state index is 8.84. The molecule has 0 atom stereocenters. The van der Waals surface area contributed by atoms with Crippen LogP contribution in [0.15, 0.2) is 205 Å². The van der Waals surface area contributed by atoms with Crippen molar-refractivity contribution in [3.8, 4) is 45.3 Å². The van der Waals surface area contributed by atoms with Gasteiger partial charge in [0.1, 0.15) is 5.71 Å². The second kappa shape index (κ2) is 14.4. The SMILES string of the molecule is N=C1C=Cc2ccc3cc(-c4nc(-c5ccccc5)nc(-c5cccc6c5-c5ccccc5C6(c5ccccc5)c5ccccc5)n4)ccc3c2/C1=N/Nc1ccccc1. The maximum Gasteiger partial charge on any atom is 0.164 e. The second-order valence-electron chi connectivity index (χ2n) is 15.1. The van der Waals surface area contributed by atoms with Crippen LogP contribution < -0.4 is 5.43 Å². The minimum Gasteiger partial charge on any atom is -0.299 e. The Morgan fingerprint density at radius 2 is 1.07 bits per heavy atom. The molecule has 11 rings (SSSR count). The summed E-state index contributed by atoms with van der Waals surface area (Å²) in [6.45, 7) is 0. The number of nitrogens with one attached hydrogen (secondary N) is 2. The summed E-state index contributed by atoms with van der Waals surface area (Å²) in [5.74, 6) is 1.78. The summed E-state index contributed by atoms with van der Waals surface area (Å²) in [5.41, 5.74) is 16.1. The summed E-state index contributed by atoms with van der Waals surface area (Å²) in [5, 5.41) is 15.6. The van der Waals surface area contributed by atoms with Crippen LogP contribution in [0.3, 0.4) is 0 Å². The predicted molar refractivity (Wildman–Crippen MR) is 244 cm³/mol. The van der Waals surface area contributed by atoms with E-state index < -0.39 is 5.41 Å². The molecule has 0 amide bonds. The minimum atomic E-state index is -0.551. The Kier molecular flexibility index (Phi) is 8.41. The molecule has 0 aliphatic heterocycles. The fraction of sp³-hybridized carbons (Fsp3) is 0.0185. The van der Waals surface area contributed by atoms with Crippen molar-refractivity contribution < 1.29 is 0 Å². The standard InChI is InChI=1S/C54H36N6/c55-47-33-31-35-28-29-37-34-38(30-32-42(37)48(35)50(47)60-59-41-22-11-4-12-23-41)52-56-51(36-16-5-1-6-17-36)57-53(58-52)44-25-15-27-46-49(44)43-24-13-14-26-45(43)54(46,39-18-7-2-8-19-39)40-20-9-3-10-21-40/h1-34,55,59H/b55-47?,60-50+. The van der Waals surface area contributed by atoms with Gasteiger partial charge in [0.2, 0.25) is 0 Å². The van der Waals surface area contributed by atoms with E-state index in [9.17, 15) is 0 Å². The van der Waals surface area contributed by atoms with E-state index in [-0.39, 0.29) is 0 Å². The minimum absolute atomic E-state index is 0.345. The van der Waals surface area contributed by atoms with Crippen molar-refractivity contribution in [2.75, 3.05) is 5.43 Å². The summed E-state index contributed by atoms with van der Waals surface area (Å²) in [4.78, 5) is 15.7.